The molecule has 0 saturated carbocycles. The van der Waals surface area contributed by atoms with Crippen LogP contribution in [-0.4, -0.2) is 30.0 Å². The molecular formula is C16H18F3N6O2P. The Morgan fingerprint density at radius 3 is 2.57 bits per heavy atom. The number of hydrazone groups is 1. The first-order chi connectivity index (χ1) is 13.2. The van der Waals surface area contributed by atoms with Crippen molar-refractivity contribution >= 4 is 15.6 Å². The molecule has 8 nitrogen and oxygen atoms in total. The summed E-state index contributed by atoms with van der Waals surface area (Å²) >= 11 is 0. The van der Waals surface area contributed by atoms with Crippen molar-refractivity contribution in [2.24, 2.45) is 22.0 Å². The van der Waals surface area contributed by atoms with Crippen molar-refractivity contribution in [3.63, 3.8) is 0 Å². The zero-order valence-electron chi connectivity index (χ0n) is 14.7. The van der Waals surface area contributed by atoms with Gasteiger partial charge in [-0.2, -0.15) is 5.10 Å². The predicted molar refractivity (Wildman–Crippen MR) is 101 cm³/mol. The van der Waals surface area contributed by atoms with Crippen LogP contribution in [0.25, 0.3) is 0 Å². The first kappa shape index (κ1) is 21.5. The number of pyridine rings is 1. The van der Waals surface area contributed by atoms with E-state index in [1.807, 2.05) is 0 Å². The average molecular weight is 414 g/mol. The molecule has 150 valence electrons. The van der Waals surface area contributed by atoms with E-state index in [0.717, 1.165) is 23.5 Å². The maximum absolute atomic E-state index is 16.1. The van der Waals surface area contributed by atoms with E-state index in [0.29, 0.717) is 11.8 Å². The number of hydrazine groups is 1. The molecule has 0 aliphatic rings. The molecule has 0 radical (unpaired) electrons. The van der Waals surface area contributed by atoms with Crippen LogP contribution in [-0.2, 0) is 10.9 Å². The molecule has 2 aromatic rings. The molecule has 4 N–H and O–H groups in total. The van der Waals surface area contributed by atoms with E-state index in [2.05, 4.69) is 15.3 Å². The summed E-state index contributed by atoms with van der Waals surface area (Å²) < 4.78 is 49.0. The molecule has 0 bridgehead atoms. The van der Waals surface area contributed by atoms with Gasteiger partial charge in [0.25, 0.3) is 0 Å². The Morgan fingerprint density at radius 2 is 2.07 bits per heavy atom. The molecule has 0 saturated heterocycles. The Bertz CT molecular complexity index is 868. The van der Waals surface area contributed by atoms with E-state index in [9.17, 15) is 13.7 Å². The number of nitrogens with zero attached hydrogens (tertiary/aromatic N) is 4. The van der Waals surface area contributed by atoms with Gasteiger partial charge in [-0.25, -0.2) is 19.0 Å². The summed E-state index contributed by atoms with van der Waals surface area (Å²) in [6.45, 7) is -0.687. The van der Waals surface area contributed by atoms with Gasteiger partial charge in [0.15, 0.2) is 10.9 Å². The fourth-order valence-electron chi connectivity index (χ4n) is 2.68. The van der Waals surface area contributed by atoms with Crippen molar-refractivity contribution in [3.05, 3.63) is 64.3 Å². The molecule has 3 atom stereocenters. The quantitative estimate of drug-likeness (QED) is 0.171. The summed E-state index contributed by atoms with van der Waals surface area (Å²) in [5, 5.41) is 4.07. The number of hydrogen-bond donors (Lipinski definition) is 2. The van der Waals surface area contributed by atoms with Crippen molar-refractivity contribution in [2.75, 3.05) is 13.7 Å². The lowest BCUT2D eigenvalue weighted by atomic mass is 9.82. The molecule has 12 heteroatoms. The van der Waals surface area contributed by atoms with E-state index in [4.69, 9.17) is 16.4 Å². The van der Waals surface area contributed by atoms with Crippen LogP contribution in [0.2, 0.25) is 0 Å². The van der Waals surface area contributed by atoms with Crippen molar-refractivity contribution in [2.45, 2.75) is 10.9 Å². The van der Waals surface area contributed by atoms with Crippen LogP contribution < -0.4 is 16.4 Å². The van der Waals surface area contributed by atoms with Crippen molar-refractivity contribution in [1.29, 1.82) is 0 Å². The summed E-state index contributed by atoms with van der Waals surface area (Å²) in [7, 11) is 3.20. The summed E-state index contributed by atoms with van der Waals surface area (Å²) in [6.07, 6.45) is 2.11. The number of alkyl halides is 1. The number of methoxy groups -OCH3 is 1. The monoisotopic (exact) mass is 414 g/mol. The number of benzene rings is 1. The van der Waals surface area contributed by atoms with Crippen molar-refractivity contribution in [1.82, 2.24) is 9.99 Å². The highest BCUT2D eigenvalue weighted by Crippen LogP contribution is 2.52. The van der Waals surface area contributed by atoms with Gasteiger partial charge in [-0.05, 0) is 18.2 Å². The van der Waals surface area contributed by atoms with Crippen molar-refractivity contribution in [3.8, 4) is 5.75 Å². The zero-order valence-corrected chi connectivity index (χ0v) is 15.9. The number of halogens is 3. The van der Waals surface area contributed by atoms with Gasteiger partial charge >= 0.3 is 0 Å². The molecule has 1 aromatic heterocycles. The predicted octanol–water partition coefficient (Wildman–Crippen LogP) is 2.11. The molecule has 1 aromatic carbocycles. The Kier molecular flexibility index (Phi) is 6.52. The number of aromatic nitrogens is 1. The zero-order chi connectivity index (χ0) is 20.9. The first-order valence-corrected chi connectivity index (χ1v) is 8.32. The van der Waals surface area contributed by atoms with Gasteiger partial charge in [-0.3, -0.25) is 9.99 Å². The molecule has 0 spiro atoms. The molecule has 0 amide bonds. The topological polar surface area (TPSA) is 119 Å². The molecule has 0 aliphatic heterocycles. The standard InChI is InChI=1S/C16H18F3N6O2P/c1-27-11-3-5-14(22-7-11)16(19,28)15(24-26,8-25(21)9-23-20)12-4-2-10(17)6-13(12)18/h2-7,9H,8,20-21,28H2,1H3/b23-9-. The number of ether oxygens (including phenoxy) is 1. The van der Waals surface area contributed by atoms with Crippen LogP contribution >= 0.6 is 9.24 Å². The Labute approximate surface area is 160 Å². The molecule has 3 unspecified atom stereocenters. The maximum atomic E-state index is 16.1. The molecule has 1 heterocycles. The van der Waals surface area contributed by atoms with E-state index < -0.39 is 34.7 Å². The lowest BCUT2D eigenvalue weighted by molar-refractivity contribution is 0.115. The lowest BCUT2D eigenvalue weighted by Crippen LogP contribution is -2.52. The van der Waals surface area contributed by atoms with Gasteiger partial charge in [0.2, 0.25) is 0 Å². The average Bonchev–Trinajstić information content (AvgIpc) is 2.66. The van der Waals surface area contributed by atoms with Gasteiger partial charge < -0.3 is 10.6 Å². The molecule has 0 fully saturated rings. The number of nitrogens with two attached hydrogens (primary N) is 2. The highest BCUT2D eigenvalue weighted by atomic mass is 31.0. The van der Waals surface area contributed by atoms with Crippen LogP contribution in [0.15, 0.2) is 46.8 Å². The van der Waals surface area contributed by atoms with E-state index in [1.165, 1.54) is 25.4 Å². The minimum absolute atomic E-state index is 0.278. The van der Waals surface area contributed by atoms with E-state index in [-0.39, 0.29) is 5.69 Å². The third-order valence-electron chi connectivity index (χ3n) is 4.11. The van der Waals surface area contributed by atoms with Crippen LogP contribution in [0, 0.1) is 16.5 Å². The number of hydrogen-bond acceptors (Lipinski definition) is 7. The van der Waals surface area contributed by atoms with Gasteiger partial charge in [-0.1, -0.05) is 20.5 Å². The summed E-state index contributed by atoms with van der Waals surface area (Å²) in [6, 6.07) is 4.94. The first-order valence-electron chi connectivity index (χ1n) is 7.75. The normalized spacial score (nSPS) is 15.6. The van der Waals surface area contributed by atoms with Crippen LogP contribution in [0.3, 0.4) is 0 Å². The van der Waals surface area contributed by atoms with E-state index in [1.54, 1.807) is 9.24 Å². The second-order valence-electron chi connectivity index (χ2n) is 5.81. The number of nitroso groups, excluding NO2 is 1. The third kappa shape index (κ3) is 3.90. The largest absolute Gasteiger partial charge is 0.495 e. The molecule has 2 rings (SSSR count). The minimum Gasteiger partial charge on any atom is -0.495 e. The third-order valence-corrected chi connectivity index (χ3v) is 4.88. The van der Waals surface area contributed by atoms with Crippen LogP contribution in [0.5, 0.6) is 5.75 Å². The SMILES string of the molecule is COc1ccc(C(F)(P)C(CN(N)/C=N\N)(N=O)c2ccc(F)cc2F)nc1. The van der Waals surface area contributed by atoms with Gasteiger partial charge in [-0.15, -0.1) is 4.91 Å². The summed E-state index contributed by atoms with van der Waals surface area (Å²) in [5.74, 6) is 8.93. The Hall–Kier alpha value is -2.78. The molecular weight excluding hydrogens is 396 g/mol. The van der Waals surface area contributed by atoms with Crippen LogP contribution in [0.1, 0.15) is 11.3 Å². The number of rotatable bonds is 8. The van der Waals surface area contributed by atoms with Gasteiger partial charge in [0, 0.05) is 11.6 Å². The maximum Gasteiger partial charge on any atom is 0.199 e. The molecule has 28 heavy (non-hydrogen) atoms. The second-order valence-corrected chi connectivity index (χ2v) is 6.60. The second kappa shape index (κ2) is 8.49. The van der Waals surface area contributed by atoms with E-state index >= 15 is 4.39 Å². The lowest BCUT2D eigenvalue weighted by Gasteiger charge is -2.39. The Balaban J connectivity index is 2.71. The molecule has 0 aliphatic carbocycles. The fraction of sp³-hybridized carbons (Fsp3) is 0.250. The smallest absolute Gasteiger partial charge is 0.199 e. The van der Waals surface area contributed by atoms with Crippen LogP contribution in [0.4, 0.5) is 13.2 Å². The highest BCUT2D eigenvalue weighted by Gasteiger charge is 2.57. The fourth-order valence-corrected chi connectivity index (χ4v) is 3.15. The summed E-state index contributed by atoms with van der Waals surface area (Å²) in [4.78, 5) is 15.9. The van der Waals surface area contributed by atoms with Crippen molar-refractivity contribution < 1.29 is 17.9 Å². The highest BCUT2D eigenvalue weighted by molar-refractivity contribution is 7.18. The minimum atomic E-state index is -2.75. The van der Waals surface area contributed by atoms with Gasteiger partial charge in [0.05, 0.1) is 25.5 Å². The summed E-state index contributed by atoms with van der Waals surface area (Å²) in [5.41, 5.74) is -3.30. The van der Waals surface area contributed by atoms with Gasteiger partial charge in [0.1, 0.15) is 23.7 Å². The Morgan fingerprint density at radius 1 is 1.36 bits per heavy atom.